The maximum Gasteiger partial charge on any atom is 0.263 e. The molecule has 3 heterocycles. The van der Waals surface area contributed by atoms with Gasteiger partial charge in [0.2, 0.25) is 0 Å². The second-order valence-electron chi connectivity index (χ2n) is 5.56. The number of rotatable bonds is 2. The van der Waals surface area contributed by atoms with Gasteiger partial charge in [0.1, 0.15) is 23.1 Å². The molecule has 6 heteroatoms. The Morgan fingerprint density at radius 2 is 2.13 bits per heavy atom. The van der Waals surface area contributed by atoms with E-state index < -0.39 is 0 Å². The zero-order valence-corrected chi connectivity index (χ0v) is 12.5. The zero-order valence-electron chi connectivity index (χ0n) is 12.5. The number of nitrogens with zero attached hydrogens (tertiary/aromatic N) is 2. The number of nitrogens with one attached hydrogen (secondary N) is 1. The first-order valence-corrected chi connectivity index (χ1v) is 7.33. The summed E-state index contributed by atoms with van der Waals surface area (Å²) in [7, 11) is 1.69. The molecule has 3 aromatic rings. The van der Waals surface area contributed by atoms with E-state index in [2.05, 4.69) is 10.5 Å². The fourth-order valence-electron chi connectivity index (χ4n) is 2.99. The van der Waals surface area contributed by atoms with Crippen LogP contribution in [0.15, 0.2) is 57.0 Å². The molecule has 0 amide bonds. The van der Waals surface area contributed by atoms with Crippen LogP contribution in [-0.2, 0) is 7.05 Å². The van der Waals surface area contributed by atoms with Gasteiger partial charge in [0.15, 0.2) is 0 Å². The maximum absolute atomic E-state index is 12.7. The molecule has 116 valence electrons. The highest BCUT2D eigenvalue weighted by Gasteiger charge is 2.28. The number of aromatic nitrogens is 1. The molecule has 4 rings (SSSR count). The van der Waals surface area contributed by atoms with Gasteiger partial charge in [0, 0.05) is 18.9 Å². The van der Waals surface area contributed by atoms with E-state index >= 15 is 0 Å². The predicted octanol–water partition coefficient (Wildman–Crippen LogP) is 2.28. The summed E-state index contributed by atoms with van der Waals surface area (Å²) >= 11 is 0. The molecule has 6 nitrogen and oxygen atoms in total. The summed E-state index contributed by atoms with van der Waals surface area (Å²) in [5.41, 5.74) is 4.17. The molecule has 0 saturated heterocycles. The molecule has 0 radical (unpaired) electrons. The lowest BCUT2D eigenvalue weighted by atomic mass is 10.0. The van der Waals surface area contributed by atoms with Crippen LogP contribution >= 0.6 is 0 Å². The Labute approximate surface area is 131 Å². The molecule has 1 atom stereocenters. The number of benzene rings is 1. The second-order valence-corrected chi connectivity index (χ2v) is 5.56. The first kappa shape index (κ1) is 13.6. The Morgan fingerprint density at radius 1 is 1.30 bits per heavy atom. The van der Waals surface area contributed by atoms with E-state index in [1.807, 2.05) is 24.3 Å². The van der Waals surface area contributed by atoms with Crippen molar-refractivity contribution in [2.75, 3.05) is 0 Å². The van der Waals surface area contributed by atoms with Gasteiger partial charge in [-0.3, -0.25) is 10.2 Å². The van der Waals surface area contributed by atoms with Crippen LogP contribution in [0.5, 0.6) is 5.75 Å². The van der Waals surface area contributed by atoms with Gasteiger partial charge >= 0.3 is 0 Å². The van der Waals surface area contributed by atoms with Crippen molar-refractivity contribution in [3.8, 4) is 5.75 Å². The van der Waals surface area contributed by atoms with E-state index in [0.717, 1.165) is 5.76 Å². The summed E-state index contributed by atoms with van der Waals surface area (Å²) in [6.45, 7) is 0. The molecule has 23 heavy (non-hydrogen) atoms. The Morgan fingerprint density at radius 3 is 2.91 bits per heavy atom. The topological polar surface area (TPSA) is 79.8 Å². The van der Waals surface area contributed by atoms with Crippen molar-refractivity contribution in [1.29, 1.82) is 0 Å². The van der Waals surface area contributed by atoms with Crippen LogP contribution in [0.3, 0.4) is 0 Å². The lowest BCUT2D eigenvalue weighted by Gasteiger charge is -2.11. The van der Waals surface area contributed by atoms with Crippen molar-refractivity contribution >= 4 is 16.6 Å². The largest absolute Gasteiger partial charge is 0.506 e. The third kappa shape index (κ3) is 2.03. The Bertz CT molecular complexity index is 971. The van der Waals surface area contributed by atoms with Crippen molar-refractivity contribution < 1.29 is 9.52 Å². The van der Waals surface area contributed by atoms with Crippen LogP contribution in [-0.4, -0.2) is 15.4 Å². The van der Waals surface area contributed by atoms with Crippen LogP contribution in [0, 0.1) is 0 Å². The van der Waals surface area contributed by atoms with Crippen LogP contribution in [0.25, 0.3) is 10.9 Å². The van der Waals surface area contributed by atoms with Gasteiger partial charge < -0.3 is 14.1 Å². The average molecular weight is 309 g/mol. The van der Waals surface area contributed by atoms with Crippen molar-refractivity contribution in [2.45, 2.75) is 12.5 Å². The molecular formula is C17H15N3O3. The molecule has 2 N–H and O–H groups in total. The van der Waals surface area contributed by atoms with Crippen LogP contribution in [0.1, 0.15) is 23.8 Å². The van der Waals surface area contributed by atoms with Gasteiger partial charge in [0.25, 0.3) is 5.56 Å². The summed E-state index contributed by atoms with van der Waals surface area (Å²) in [5, 5.41) is 15.5. The number of aromatic hydroxyl groups is 1. The molecule has 0 fully saturated rings. The van der Waals surface area contributed by atoms with Crippen LogP contribution in [0.2, 0.25) is 0 Å². The van der Waals surface area contributed by atoms with Crippen molar-refractivity contribution in [1.82, 2.24) is 9.99 Å². The Kier molecular flexibility index (Phi) is 2.97. The van der Waals surface area contributed by atoms with E-state index in [4.69, 9.17) is 4.42 Å². The number of hydrogen-bond acceptors (Lipinski definition) is 5. The van der Waals surface area contributed by atoms with Gasteiger partial charge in [-0.2, -0.15) is 5.10 Å². The third-order valence-corrected chi connectivity index (χ3v) is 4.20. The third-order valence-electron chi connectivity index (χ3n) is 4.20. The standard InChI is InChI=1S/C17H15N3O3/c1-20-13-6-3-2-5-10(13)16(21)15(17(20)22)12-9-11(18-19-12)14-7-4-8-23-14/h2-8,11,18,21H,9H2,1H3. The normalized spacial score (nSPS) is 17.3. The first-order valence-electron chi connectivity index (χ1n) is 7.33. The summed E-state index contributed by atoms with van der Waals surface area (Å²) in [5.74, 6) is 0.727. The van der Waals surface area contributed by atoms with E-state index in [1.54, 1.807) is 25.4 Å². The highest BCUT2D eigenvalue weighted by Crippen LogP contribution is 2.30. The minimum absolute atomic E-state index is 0.0238. The highest BCUT2D eigenvalue weighted by atomic mass is 16.3. The number of hydrogen-bond donors (Lipinski definition) is 2. The minimum Gasteiger partial charge on any atom is -0.506 e. The quantitative estimate of drug-likeness (QED) is 0.761. The van der Waals surface area contributed by atoms with Crippen LogP contribution < -0.4 is 11.0 Å². The summed E-state index contributed by atoms with van der Waals surface area (Å²) in [4.78, 5) is 12.7. The number of furan rings is 1. The second kappa shape index (κ2) is 5.01. The fraction of sp³-hybridized carbons (Fsp3) is 0.176. The number of hydrazone groups is 1. The van der Waals surface area contributed by atoms with E-state index in [9.17, 15) is 9.90 Å². The lowest BCUT2D eigenvalue weighted by Crippen LogP contribution is -2.24. The van der Waals surface area contributed by atoms with Crippen molar-refractivity contribution in [2.24, 2.45) is 12.1 Å². The van der Waals surface area contributed by atoms with Gasteiger partial charge in [-0.25, -0.2) is 0 Å². The van der Waals surface area contributed by atoms with E-state index in [-0.39, 0.29) is 22.9 Å². The molecule has 0 bridgehead atoms. The molecule has 0 spiro atoms. The van der Waals surface area contributed by atoms with Gasteiger partial charge in [-0.1, -0.05) is 12.1 Å². The van der Waals surface area contributed by atoms with Gasteiger partial charge in [-0.05, 0) is 24.3 Å². The number of para-hydroxylation sites is 1. The Balaban J connectivity index is 1.83. The number of pyridine rings is 1. The Hall–Kier alpha value is -3.02. The smallest absolute Gasteiger partial charge is 0.263 e. The molecule has 1 aliphatic rings. The fourth-order valence-corrected chi connectivity index (χ4v) is 2.99. The summed E-state index contributed by atoms with van der Waals surface area (Å²) in [6, 6.07) is 10.8. The molecule has 1 aromatic carbocycles. The first-order chi connectivity index (χ1) is 11.2. The number of aryl methyl sites for hydroxylation is 1. The summed E-state index contributed by atoms with van der Waals surface area (Å²) < 4.78 is 6.91. The maximum atomic E-state index is 12.7. The van der Waals surface area contributed by atoms with Crippen molar-refractivity contribution in [3.63, 3.8) is 0 Å². The van der Waals surface area contributed by atoms with Crippen molar-refractivity contribution in [3.05, 3.63) is 64.3 Å². The molecular weight excluding hydrogens is 294 g/mol. The van der Waals surface area contributed by atoms with E-state index in [1.165, 1.54) is 4.57 Å². The lowest BCUT2D eigenvalue weighted by molar-refractivity contribution is 0.440. The molecule has 0 saturated carbocycles. The molecule has 1 unspecified atom stereocenters. The minimum atomic E-state index is -0.262. The highest BCUT2D eigenvalue weighted by molar-refractivity contribution is 6.07. The van der Waals surface area contributed by atoms with Crippen LogP contribution in [0.4, 0.5) is 0 Å². The predicted molar refractivity (Wildman–Crippen MR) is 86.6 cm³/mol. The monoisotopic (exact) mass is 309 g/mol. The van der Waals surface area contributed by atoms with Gasteiger partial charge in [-0.15, -0.1) is 0 Å². The zero-order chi connectivity index (χ0) is 16.0. The average Bonchev–Trinajstić information content (AvgIpc) is 3.24. The SMILES string of the molecule is Cn1c(=O)c(C2=NNC(c3ccco3)C2)c(O)c2ccccc21. The van der Waals surface area contributed by atoms with E-state index in [0.29, 0.717) is 23.0 Å². The number of fused-ring (bicyclic) bond motifs is 1. The summed E-state index contributed by atoms with van der Waals surface area (Å²) in [6.07, 6.45) is 2.08. The van der Waals surface area contributed by atoms with Gasteiger partial charge in [0.05, 0.1) is 17.5 Å². The molecule has 0 aliphatic carbocycles. The molecule has 1 aliphatic heterocycles. The molecule has 2 aromatic heterocycles.